The molecule has 6 nitrogen and oxygen atoms in total. The molecular formula is C20H26N4O2S. The second-order valence-corrected chi connectivity index (χ2v) is 8.39. The molecule has 2 N–H and O–H groups in total. The number of guanidine groups is 1. The Bertz CT molecular complexity index is 882. The van der Waals surface area contributed by atoms with Crippen molar-refractivity contribution in [1.29, 1.82) is 0 Å². The van der Waals surface area contributed by atoms with Gasteiger partial charge in [-0.15, -0.1) is 0 Å². The van der Waals surface area contributed by atoms with Gasteiger partial charge in [0.25, 0.3) is 0 Å². The van der Waals surface area contributed by atoms with E-state index >= 15 is 0 Å². The van der Waals surface area contributed by atoms with Crippen molar-refractivity contribution < 1.29 is 8.42 Å². The van der Waals surface area contributed by atoms with E-state index in [1.54, 1.807) is 0 Å². The van der Waals surface area contributed by atoms with Gasteiger partial charge in [0.1, 0.15) is 0 Å². The molecule has 1 aliphatic rings. The van der Waals surface area contributed by atoms with E-state index in [1.807, 2.05) is 61.5 Å². The van der Waals surface area contributed by atoms with Crippen LogP contribution in [0.25, 0.3) is 0 Å². The molecule has 2 aromatic carbocycles. The van der Waals surface area contributed by atoms with Crippen LogP contribution in [0.2, 0.25) is 0 Å². The molecule has 0 bridgehead atoms. The first kappa shape index (κ1) is 19.2. The number of fused-ring (bicyclic) bond motifs is 1. The summed E-state index contributed by atoms with van der Waals surface area (Å²) in [5.74, 6) is 0.648. The van der Waals surface area contributed by atoms with Crippen LogP contribution in [0.15, 0.2) is 59.6 Å². The van der Waals surface area contributed by atoms with Gasteiger partial charge < -0.3 is 10.6 Å². The van der Waals surface area contributed by atoms with E-state index in [1.165, 1.54) is 4.31 Å². The second-order valence-electron chi connectivity index (χ2n) is 6.37. The van der Waals surface area contributed by atoms with Crippen LogP contribution in [0.1, 0.15) is 18.1 Å². The van der Waals surface area contributed by atoms with Gasteiger partial charge in [-0.05, 0) is 30.5 Å². The van der Waals surface area contributed by atoms with Gasteiger partial charge in [0, 0.05) is 19.6 Å². The van der Waals surface area contributed by atoms with Crippen molar-refractivity contribution in [2.45, 2.75) is 19.9 Å². The van der Waals surface area contributed by atoms with Gasteiger partial charge >= 0.3 is 0 Å². The van der Waals surface area contributed by atoms with Gasteiger partial charge in [0.2, 0.25) is 10.0 Å². The Balaban J connectivity index is 1.58. The molecule has 0 radical (unpaired) electrons. The first-order chi connectivity index (χ1) is 13.1. The van der Waals surface area contributed by atoms with E-state index in [0.717, 1.165) is 23.2 Å². The van der Waals surface area contributed by atoms with Gasteiger partial charge in [0.05, 0.1) is 18.0 Å². The molecule has 0 aliphatic carbocycles. The van der Waals surface area contributed by atoms with Crippen molar-refractivity contribution in [3.05, 3.63) is 65.7 Å². The minimum Gasteiger partial charge on any atom is -0.357 e. The molecule has 1 aliphatic heterocycles. The van der Waals surface area contributed by atoms with Crippen molar-refractivity contribution in [2.24, 2.45) is 4.99 Å². The normalized spacial score (nSPS) is 14.1. The summed E-state index contributed by atoms with van der Waals surface area (Å²) in [4.78, 5) is 4.52. The predicted molar refractivity (Wildman–Crippen MR) is 111 cm³/mol. The molecule has 144 valence electrons. The van der Waals surface area contributed by atoms with Crippen LogP contribution in [0.3, 0.4) is 0 Å². The van der Waals surface area contributed by atoms with E-state index in [4.69, 9.17) is 0 Å². The van der Waals surface area contributed by atoms with Gasteiger partial charge in [-0.3, -0.25) is 4.31 Å². The lowest BCUT2D eigenvalue weighted by molar-refractivity contribution is 0.591. The maximum Gasteiger partial charge on any atom is 0.236 e. The molecule has 7 heteroatoms. The first-order valence-corrected chi connectivity index (χ1v) is 10.9. The predicted octanol–water partition coefficient (Wildman–Crippen LogP) is 2.13. The molecule has 0 atom stereocenters. The summed E-state index contributed by atoms with van der Waals surface area (Å²) in [7, 11) is -3.36. The fourth-order valence-corrected chi connectivity index (χ4v) is 4.53. The number of hydrogen-bond acceptors (Lipinski definition) is 3. The highest BCUT2D eigenvalue weighted by molar-refractivity contribution is 7.92. The number of nitrogens with zero attached hydrogens (tertiary/aromatic N) is 2. The third-order valence-corrected chi connectivity index (χ3v) is 6.21. The Morgan fingerprint density at radius 3 is 2.59 bits per heavy atom. The molecule has 0 saturated heterocycles. The highest BCUT2D eigenvalue weighted by Gasteiger charge is 2.28. The summed E-state index contributed by atoms with van der Waals surface area (Å²) in [6.45, 7) is 4.07. The van der Waals surface area contributed by atoms with Gasteiger partial charge in [-0.2, -0.15) is 0 Å². The molecule has 1 heterocycles. The van der Waals surface area contributed by atoms with Gasteiger partial charge in [0.15, 0.2) is 5.96 Å². The molecule has 0 saturated carbocycles. The molecule has 2 aromatic rings. The summed E-state index contributed by atoms with van der Waals surface area (Å²) in [5, 5.41) is 6.28. The Morgan fingerprint density at radius 2 is 1.81 bits per heavy atom. The van der Waals surface area contributed by atoms with E-state index in [-0.39, 0.29) is 5.75 Å². The van der Waals surface area contributed by atoms with Crippen LogP contribution in [-0.4, -0.2) is 39.8 Å². The van der Waals surface area contributed by atoms with E-state index in [0.29, 0.717) is 32.1 Å². The number of benzene rings is 2. The highest BCUT2D eigenvalue weighted by atomic mass is 32.2. The topological polar surface area (TPSA) is 73.8 Å². The number of para-hydroxylation sites is 1. The van der Waals surface area contributed by atoms with Crippen LogP contribution in [-0.2, 0) is 23.0 Å². The Morgan fingerprint density at radius 1 is 1.07 bits per heavy atom. The number of hydrogen-bond donors (Lipinski definition) is 2. The SMILES string of the molecule is CCNC(=NCc1ccccc1)NCCS(=O)(=O)N1CCc2ccccc21. The molecule has 3 rings (SSSR count). The molecule has 0 fully saturated rings. The molecule has 0 aromatic heterocycles. The zero-order chi connectivity index (χ0) is 19.1. The Labute approximate surface area is 161 Å². The van der Waals surface area contributed by atoms with Crippen LogP contribution in [0.5, 0.6) is 0 Å². The number of anilines is 1. The number of nitrogens with one attached hydrogen (secondary N) is 2. The van der Waals surface area contributed by atoms with Crippen molar-refractivity contribution in [1.82, 2.24) is 10.6 Å². The lowest BCUT2D eigenvalue weighted by Crippen LogP contribution is -2.42. The van der Waals surface area contributed by atoms with Crippen LogP contribution < -0.4 is 14.9 Å². The quantitative estimate of drug-likeness (QED) is 0.565. The molecule has 0 spiro atoms. The number of rotatable bonds is 7. The van der Waals surface area contributed by atoms with Crippen LogP contribution >= 0.6 is 0 Å². The summed E-state index contributed by atoms with van der Waals surface area (Å²) >= 11 is 0. The third kappa shape index (κ3) is 5.01. The lowest BCUT2D eigenvalue weighted by Gasteiger charge is -2.20. The lowest BCUT2D eigenvalue weighted by atomic mass is 10.2. The molecule has 27 heavy (non-hydrogen) atoms. The minimum atomic E-state index is -3.36. The van der Waals surface area contributed by atoms with Gasteiger partial charge in [-0.25, -0.2) is 13.4 Å². The zero-order valence-corrected chi connectivity index (χ0v) is 16.4. The summed E-state index contributed by atoms with van der Waals surface area (Å²) < 4.78 is 27.0. The van der Waals surface area contributed by atoms with E-state index in [2.05, 4.69) is 15.6 Å². The zero-order valence-electron chi connectivity index (χ0n) is 15.6. The Hall–Kier alpha value is -2.54. The molecular weight excluding hydrogens is 360 g/mol. The number of sulfonamides is 1. The van der Waals surface area contributed by atoms with E-state index in [9.17, 15) is 8.42 Å². The maximum atomic E-state index is 12.7. The van der Waals surface area contributed by atoms with E-state index < -0.39 is 10.0 Å². The van der Waals surface area contributed by atoms with Crippen molar-refractivity contribution in [3.63, 3.8) is 0 Å². The average molecular weight is 387 g/mol. The summed E-state index contributed by atoms with van der Waals surface area (Å²) in [6, 6.07) is 17.6. The second kappa shape index (κ2) is 8.90. The van der Waals surface area contributed by atoms with Crippen molar-refractivity contribution >= 4 is 21.7 Å². The minimum absolute atomic E-state index is 0.0249. The maximum absolute atomic E-state index is 12.7. The Kier molecular flexibility index (Phi) is 6.34. The van der Waals surface area contributed by atoms with Crippen molar-refractivity contribution in [2.75, 3.05) is 29.7 Å². The van der Waals surface area contributed by atoms with Crippen molar-refractivity contribution in [3.8, 4) is 0 Å². The first-order valence-electron chi connectivity index (χ1n) is 9.24. The van der Waals surface area contributed by atoms with Crippen LogP contribution in [0.4, 0.5) is 5.69 Å². The summed E-state index contributed by atoms with van der Waals surface area (Å²) in [5.41, 5.74) is 3.00. The monoisotopic (exact) mass is 386 g/mol. The average Bonchev–Trinajstić information content (AvgIpc) is 3.12. The standard InChI is InChI=1S/C20H26N4O2S/c1-2-21-20(23-16-17-8-4-3-5-9-17)22-13-15-27(25,26)24-14-12-18-10-6-7-11-19(18)24/h3-11H,2,12-16H2,1H3,(H2,21,22,23). The number of aliphatic imine (C=N–C) groups is 1. The van der Waals surface area contributed by atoms with Gasteiger partial charge in [-0.1, -0.05) is 48.5 Å². The third-order valence-electron chi connectivity index (χ3n) is 4.44. The van der Waals surface area contributed by atoms with Crippen LogP contribution in [0, 0.1) is 0 Å². The fourth-order valence-electron chi connectivity index (χ4n) is 3.10. The smallest absolute Gasteiger partial charge is 0.236 e. The molecule has 0 amide bonds. The molecule has 0 unspecified atom stereocenters. The largest absolute Gasteiger partial charge is 0.357 e. The fraction of sp³-hybridized carbons (Fsp3) is 0.350. The highest BCUT2D eigenvalue weighted by Crippen LogP contribution is 2.29. The summed E-state index contributed by atoms with van der Waals surface area (Å²) in [6.07, 6.45) is 0.768.